The van der Waals surface area contributed by atoms with Gasteiger partial charge in [0.2, 0.25) is 0 Å². The molecule has 0 aliphatic carbocycles. The lowest BCUT2D eigenvalue weighted by Crippen LogP contribution is -2.04. The number of hydrogen-bond acceptors (Lipinski definition) is 3. The fraction of sp³-hybridized carbons (Fsp3) is 0.0714. The van der Waals surface area contributed by atoms with E-state index in [1.165, 1.54) is 12.1 Å². The molecule has 0 heterocycles. The van der Waals surface area contributed by atoms with Gasteiger partial charge in [0, 0.05) is 17.8 Å². The lowest BCUT2D eigenvalue weighted by atomic mass is 10.1. The number of carboxylic acids is 1. The molecule has 0 spiro atoms. The number of aromatic hydroxyl groups is 1. The van der Waals surface area contributed by atoms with E-state index in [0.717, 1.165) is 0 Å². The molecule has 20 heavy (non-hydrogen) atoms. The highest BCUT2D eigenvalue weighted by atomic mass is 35.5. The number of phenolic OH excluding ortho intramolecular Hbond substituents is 1. The van der Waals surface area contributed by atoms with Gasteiger partial charge in [-0.3, -0.25) is 4.79 Å². The fourth-order valence-electron chi connectivity index (χ4n) is 1.53. The summed E-state index contributed by atoms with van der Waals surface area (Å²) >= 11 is 12.0. The van der Waals surface area contributed by atoms with E-state index in [1.54, 1.807) is 0 Å². The summed E-state index contributed by atoms with van der Waals surface area (Å²) in [4.78, 5) is 11.0. The second kappa shape index (κ2) is 6.03. The van der Waals surface area contributed by atoms with Crippen LogP contribution in [-0.2, 0) is 11.2 Å². The Morgan fingerprint density at radius 3 is 2.45 bits per heavy atom. The number of aliphatic carboxylic acids is 1. The summed E-state index contributed by atoms with van der Waals surface area (Å²) in [5.74, 6) is -1.44. The first kappa shape index (κ1) is 9.91. The monoisotopic (exact) mass is 315 g/mol. The fourth-order valence-corrected chi connectivity index (χ4v) is 2.10. The number of rotatable bonds is 4. The van der Waals surface area contributed by atoms with Crippen LogP contribution in [0, 0.1) is 0 Å². The molecule has 0 unspecified atom stereocenters. The highest BCUT2D eigenvalue weighted by Gasteiger charge is 2.11. The number of carbonyl (C=O) groups is 1. The van der Waals surface area contributed by atoms with E-state index in [4.69, 9.17) is 33.8 Å². The molecule has 0 amide bonds. The molecule has 0 atom stereocenters. The van der Waals surface area contributed by atoms with Gasteiger partial charge in [0.1, 0.15) is 5.75 Å². The number of hydrogen-bond donors (Lipinski definition) is 3. The average molecular weight is 316 g/mol. The zero-order valence-corrected chi connectivity index (χ0v) is 11.4. The molecule has 2 aromatic rings. The van der Waals surface area contributed by atoms with Crippen molar-refractivity contribution >= 4 is 40.5 Å². The van der Waals surface area contributed by atoms with Crippen molar-refractivity contribution in [1.29, 1.82) is 0 Å². The van der Waals surface area contributed by atoms with Gasteiger partial charge in [-0.15, -0.1) is 0 Å². The number of halogens is 2. The van der Waals surface area contributed by atoms with Crippen LogP contribution < -0.4 is 5.32 Å². The first-order valence-electron chi connectivity index (χ1n) is 7.39. The molecule has 0 aliphatic heterocycles. The maximum absolute atomic E-state index is 11.0. The second-order valence-corrected chi connectivity index (χ2v) is 4.65. The van der Waals surface area contributed by atoms with Crippen LogP contribution in [0.2, 0.25) is 10.0 Å². The third kappa shape index (κ3) is 3.35. The molecule has 104 valence electrons. The quantitative estimate of drug-likeness (QED) is 0.744. The summed E-state index contributed by atoms with van der Waals surface area (Å²) in [6.07, 6.45) is -0.619. The van der Waals surface area contributed by atoms with Crippen molar-refractivity contribution in [3.63, 3.8) is 0 Å². The SMILES string of the molecule is [2H]c1c([2H])c([2H])c(Nc2c(Cl)cc(O)cc2Cl)c(CC(=O)O)c1[2H]. The number of nitrogens with one attached hydrogen (secondary N) is 1. The number of benzene rings is 2. The molecule has 0 saturated carbocycles. The van der Waals surface area contributed by atoms with E-state index in [0.29, 0.717) is 0 Å². The molecule has 4 nitrogen and oxygen atoms in total. The molecule has 2 aromatic carbocycles. The van der Waals surface area contributed by atoms with Gasteiger partial charge in [0.05, 0.1) is 27.6 Å². The first-order valence-corrected chi connectivity index (χ1v) is 6.15. The van der Waals surface area contributed by atoms with Gasteiger partial charge in [-0.05, 0) is 11.6 Å². The smallest absolute Gasteiger partial charge is 0.307 e. The maximum Gasteiger partial charge on any atom is 0.307 e. The third-order valence-electron chi connectivity index (χ3n) is 2.37. The van der Waals surface area contributed by atoms with Gasteiger partial charge in [0.15, 0.2) is 0 Å². The van der Waals surface area contributed by atoms with Crippen LogP contribution in [0.15, 0.2) is 36.3 Å². The van der Waals surface area contributed by atoms with Crippen molar-refractivity contribution in [2.75, 3.05) is 5.32 Å². The van der Waals surface area contributed by atoms with Gasteiger partial charge in [0.25, 0.3) is 0 Å². The topological polar surface area (TPSA) is 69.6 Å². The Morgan fingerprint density at radius 1 is 1.25 bits per heavy atom. The summed E-state index contributed by atoms with van der Waals surface area (Å²) < 4.78 is 31.2. The van der Waals surface area contributed by atoms with E-state index in [2.05, 4.69) is 5.32 Å². The van der Waals surface area contributed by atoms with Crippen LogP contribution >= 0.6 is 23.2 Å². The molecule has 0 saturated heterocycles. The van der Waals surface area contributed by atoms with E-state index < -0.39 is 36.6 Å². The minimum atomic E-state index is -1.26. The lowest BCUT2D eigenvalue weighted by Gasteiger charge is -2.14. The minimum Gasteiger partial charge on any atom is -0.508 e. The van der Waals surface area contributed by atoms with Gasteiger partial charge in [-0.1, -0.05) is 41.3 Å². The van der Waals surface area contributed by atoms with Crippen LogP contribution in [0.1, 0.15) is 11.0 Å². The number of carboxylic acid groups (broad SMARTS) is 1. The van der Waals surface area contributed by atoms with Crippen molar-refractivity contribution in [2.45, 2.75) is 6.42 Å². The number of anilines is 2. The van der Waals surface area contributed by atoms with Crippen LogP contribution in [-0.4, -0.2) is 16.2 Å². The Kier molecular flexibility index (Phi) is 2.99. The Bertz CT molecular complexity index is 822. The molecule has 2 rings (SSSR count). The Morgan fingerprint density at radius 2 is 1.85 bits per heavy atom. The molecular weight excluding hydrogens is 301 g/mol. The summed E-state index contributed by atoms with van der Waals surface area (Å²) in [6.45, 7) is 0. The Labute approximate surface area is 131 Å². The maximum atomic E-state index is 11.0. The highest BCUT2D eigenvalue weighted by Crippen LogP contribution is 2.36. The largest absolute Gasteiger partial charge is 0.508 e. The van der Waals surface area contributed by atoms with Crippen LogP contribution in [0.5, 0.6) is 5.75 Å². The standard InChI is InChI=1S/C14H11Cl2NO3/c15-10-6-9(18)7-11(16)14(10)17-12-4-2-1-3-8(12)5-13(19)20/h1-4,6-7,17-18H,5H2,(H,19,20)/i1D,2D,3D,4D. The molecule has 6 heteroatoms. The van der Waals surface area contributed by atoms with Crippen molar-refractivity contribution in [1.82, 2.24) is 0 Å². The van der Waals surface area contributed by atoms with E-state index in [-0.39, 0.29) is 32.7 Å². The molecule has 3 N–H and O–H groups in total. The van der Waals surface area contributed by atoms with Gasteiger partial charge in [-0.25, -0.2) is 0 Å². The van der Waals surface area contributed by atoms with E-state index in [1.807, 2.05) is 0 Å². The molecule has 0 fully saturated rings. The van der Waals surface area contributed by atoms with Crippen LogP contribution in [0.25, 0.3) is 0 Å². The van der Waals surface area contributed by atoms with Crippen LogP contribution in [0.3, 0.4) is 0 Å². The predicted molar refractivity (Wildman–Crippen MR) is 79.2 cm³/mol. The highest BCUT2D eigenvalue weighted by molar-refractivity contribution is 6.39. The molecule has 0 aliphatic rings. The zero-order chi connectivity index (χ0) is 18.2. The molecule has 0 bridgehead atoms. The summed E-state index contributed by atoms with van der Waals surface area (Å²) in [5, 5.41) is 21.1. The van der Waals surface area contributed by atoms with Crippen molar-refractivity contribution in [2.24, 2.45) is 0 Å². The summed E-state index contributed by atoms with van der Waals surface area (Å²) in [5.41, 5.74) is -0.181. The third-order valence-corrected chi connectivity index (χ3v) is 2.97. The van der Waals surface area contributed by atoms with Crippen molar-refractivity contribution < 1.29 is 20.5 Å². The Hall–Kier alpha value is -1.91. The predicted octanol–water partition coefficient (Wildman–Crippen LogP) is 4.07. The number of para-hydroxylation sites is 1. The van der Waals surface area contributed by atoms with E-state index >= 15 is 0 Å². The van der Waals surface area contributed by atoms with Crippen molar-refractivity contribution in [3.05, 3.63) is 51.9 Å². The van der Waals surface area contributed by atoms with Crippen molar-refractivity contribution in [3.8, 4) is 5.75 Å². The summed E-state index contributed by atoms with van der Waals surface area (Å²) in [7, 11) is 0. The van der Waals surface area contributed by atoms with E-state index in [9.17, 15) is 9.90 Å². The van der Waals surface area contributed by atoms with Gasteiger partial charge >= 0.3 is 5.97 Å². The van der Waals surface area contributed by atoms with Crippen LogP contribution in [0.4, 0.5) is 11.4 Å². The normalized spacial score (nSPS) is 13.1. The first-order chi connectivity index (χ1) is 11.1. The zero-order valence-electron chi connectivity index (χ0n) is 13.9. The average Bonchev–Trinajstić information content (AvgIpc) is 2.48. The Balaban J connectivity index is 2.68. The molecular formula is C14H11Cl2NO3. The summed E-state index contributed by atoms with van der Waals surface area (Å²) in [6, 6.07) is 0.406. The minimum absolute atomic E-state index is 0.00804. The molecule has 0 radical (unpaired) electrons. The van der Waals surface area contributed by atoms with Gasteiger partial charge < -0.3 is 15.5 Å². The van der Waals surface area contributed by atoms with Gasteiger partial charge in [-0.2, -0.15) is 0 Å². The molecule has 0 aromatic heterocycles. The second-order valence-electron chi connectivity index (χ2n) is 3.83. The number of phenols is 1. The lowest BCUT2D eigenvalue weighted by molar-refractivity contribution is -0.136.